The third-order valence-corrected chi connectivity index (χ3v) is 6.29. The summed E-state index contributed by atoms with van der Waals surface area (Å²) in [5.41, 5.74) is 3.56. The number of aromatic nitrogens is 3. The Morgan fingerprint density at radius 3 is 2.32 bits per heavy atom. The van der Waals surface area contributed by atoms with Crippen molar-refractivity contribution < 1.29 is 4.79 Å². The number of thioether (sulfide) groups is 1. The van der Waals surface area contributed by atoms with Crippen molar-refractivity contribution in [2.45, 2.75) is 11.9 Å². The molecule has 0 saturated carbocycles. The molecule has 0 atom stereocenters. The van der Waals surface area contributed by atoms with Crippen LogP contribution in [0.5, 0.6) is 0 Å². The first-order chi connectivity index (χ1) is 13.7. The number of hydrogen-bond acceptors (Lipinski definition) is 6. The molecule has 4 aromatic rings. The molecule has 2 aromatic heterocycles. The standard InChI is InChI=1S/C22H17N3OS2/c1-15-21(28-22(23-15)17-10-6-3-7-11-17)18-12-13-20(25-24-18)27-14-19(26)16-8-4-2-5-9-16/h2-13H,14H2,1H3. The van der Waals surface area contributed by atoms with Crippen LogP contribution in [0.15, 0.2) is 77.8 Å². The van der Waals surface area contributed by atoms with Crippen LogP contribution in [0.25, 0.3) is 21.1 Å². The minimum Gasteiger partial charge on any atom is -0.293 e. The van der Waals surface area contributed by atoms with Crippen molar-refractivity contribution in [3.8, 4) is 21.1 Å². The van der Waals surface area contributed by atoms with E-state index in [1.54, 1.807) is 11.3 Å². The number of ketones is 1. The minimum atomic E-state index is 0.0854. The van der Waals surface area contributed by atoms with E-state index in [0.717, 1.165) is 31.9 Å². The van der Waals surface area contributed by atoms with E-state index >= 15 is 0 Å². The molecule has 0 amide bonds. The molecule has 4 rings (SSSR count). The Morgan fingerprint density at radius 1 is 0.929 bits per heavy atom. The molecule has 6 heteroatoms. The van der Waals surface area contributed by atoms with Crippen molar-refractivity contribution in [2.75, 3.05) is 5.75 Å². The molecule has 0 N–H and O–H groups in total. The second-order valence-electron chi connectivity index (χ2n) is 6.13. The first-order valence-electron chi connectivity index (χ1n) is 8.79. The maximum atomic E-state index is 12.2. The lowest BCUT2D eigenvalue weighted by Gasteiger charge is -2.02. The molecule has 0 radical (unpaired) electrons. The first-order valence-corrected chi connectivity index (χ1v) is 10.6. The zero-order valence-electron chi connectivity index (χ0n) is 15.2. The van der Waals surface area contributed by atoms with Crippen molar-refractivity contribution in [1.82, 2.24) is 15.2 Å². The van der Waals surface area contributed by atoms with Crippen LogP contribution < -0.4 is 0 Å². The summed E-state index contributed by atoms with van der Waals surface area (Å²) >= 11 is 3.01. The zero-order chi connectivity index (χ0) is 19.3. The SMILES string of the molecule is Cc1nc(-c2ccccc2)sc1-c1ccc(SCC(=O)c2ccccc2)nn1. The van der Waals surface area contributed by atoms with Crippen molar-refractivity contribution in [1.29, 1.82) is 0 Å². The number of aryl methyl sites for hydroxylation is 1. The molecular formula is C22H17N3OS2. The summed E-state index contributed by atoms with van der Waals surface area (Å²) in [5.74, 6) is 0.428. The van der Waals surface area contributed by atoms with Gasteiger partial charge in [-0.1, -0.05) is 72.4 Å². The number of benzene rings is 2. The van der Waals surface area contributed by atoms with Gasteiger partial charge in [-0.15, -0.1) is 21.5 Å². The molecule has 0 spiro atoms. The van der Waals surface area contributed by atoms with Crippen LogP contribution in [-0.2, 0) is 0 Å². The Labute approximate surface area is 171 Å². The van der Waals surface area contributed by atoms with Gasteiger partial charge in [0.2, 0.25) is 0 Å². The Hall–Kier alpha value is -2.83. The van der Waals surface area contributed by atoms with Crippen molar-refractivity contribution >= 4 is 28.9 Å². The molecule has 138 valence electrons. The van der Waals surface area contributed by atoms with Crippen LogP contribution >= 0.6 is 23.1 Å². The molecule has 0 aliphatic rings. The molecule has 2 heterocycles. The van der Waals surface area contributed by atoms with E-state index in [1.165, 1.54) is 11.8 Å². The van der Waals surface area contributed by atoms with Gasteiger partial charge in [0.05, 0.1) is 16.3 Å². The highest BCUT2D eigenvalue weighted by Crippen LogP contribution is 2.34. The van der Waals surface area contributed by atoms with E-state index in [1.807, 2.05) is 67.6 Å². The molecule has 0 aliphatic heterocycles. The molecule has 0 saturated heterocycles. The van der Waals surface area contributed by atoms with Crippen molar-refractivity contribution in [2.24, 2.45) is 0 Å². The van der Waals surface area contributed by atoms with E-state index in [9.17, 15) is 4.79 Å². The fourth-order valence-corrected chi connectivity index (χ4v) is 4.45. The Bertz CT molecular complexity index is 1080. The molecule has 0 unspecified atom stereocenters. The highest BCUT2D eigenvalue weighted by Gasteiger charge is 2.13. The zero-order valence-corrected chi connectivity index (χ0v) is 16.8. The van der Waals surface area contributed by atoms with Crippen LogP contribution in [0.4, 0.5) is 0 Å². The minimum absolute atomic E-state index is 0.0854. The molecule has 0 fully saturated rings. The predicted molar refractivity (Wildman–Crippen MR) is 115 cm³/mol. The van der Waals surface area contributed by atoms with Crippen LogP contribution in [0.1, 0.15) is 16.1 Å². The lowest BCUT2D eigenvalue weighted by molar-refractivity contribution is 0.102. The molecule has 0 bridgehead atoms. The Kier molecular flexibility index (Phi) is 5.60. The monoisotopic (exact) mass is 403 g/mol. The molecule has 4 nitrogen and oxygen atoms in total. The summed E-state index contributed by atoms with van der Waals surface area (Å²) in [6, 6.07) is 23.3. The summed E-state index contributed by atoms with van der Waals surface area (Å²) < 4.78 is 0. The number of carbonyl (C=O) groups is 1. The van der Waals surface area contributed by atoms with Crippen molar-refractivity contribution in [3.05, 3.63) is 84.1 Å². The Morgan fingerprint density at radius 2 is 1.64 bits per heavy atom. The first kappa shape index (κ1) is 18.5. The molecular weight excluding hydrogens is 386 g/mol. The number of nitrogens with zero attached hydrogens (tertiary/aromatic N) is 3. The van der Waals surface area contributed by atoms with Gasteiger partial charge in [0.1, 0.15) is 15.7 Å². The number of carbonyl (C=O) groups excluding carboxylic acids is 1. The largest absolute Gasteiger partial charge is 0.293 e. The summed E-state index contributed by atoms with van der Waals surface area (Å²) in [5, 5.41) is 10.3. The van der Waals surface area contributed by atoms with Gasteiger partial charge in [0.15, 0.2) is 5.78 Å². The van der Waals surface area contributed by atoms with Crippen LogP contribution in [0, 0.1) is 6.92 Å². The molecule has 0 aliphatic carbocycles. The van der Waals surface area contributed by atoms with E-state index in [2.05, 4.69) is 27.3 Å². The molecule has 28 heavy (non-hydrogen) atoms. The van der Waals surface area contributed by atoms with Gasteiger partial charge in [-0.25, -0.2) is 4.98 Å². The number of rotatable bonds is 6. The summed E-state index contributed by atoms with van der Waals surface area (Å²) in [7, 11) is 0. The smallest absolute Gasteiger partial charge is 0.173 e. The third-order valence-electron chi connectivity index (χ3n) is 4.14. The van der Waals surface area contributed by atoms with Gasteiger partial charge in [-0.3, -0.25) is 4.79 Å². The summed E-state index contributed by atoms with van der Waals surface area (Å²) in [6.07, 6.45) is 0. The normalized spacial score (nSPS) is 10.8. The third kappa shape index (κ3) is 4.18. The molecule has 2 aromatic carbocycles. The van der Waals surface area contributed by atoms with E-state index < -0.39 is 0 Å². The highest BCUT2D eigenvalue weighted by atomic mass is 32.2. The average Bonchev–Trinajstić information content (AvgIpc) is 3.15. The van der Waals surface area contributed by atoms with Gasteiger partial charge in [-0.2, -0.15) is 0 Å². The van der Waals surface area contributed by atoms with E-state index in [4.69, 9.17) is 0 Å². The second-order valence-corrected chi connectivity index (χ2v) is 8.13. The topological polar surface area (TPSA) is 55.7 Å². The number of Topliss-reactive ketones (excluding diaryl/α,β-unsaturated/α-hetero) is 1. The van der Waals surface area contributed by atoms with E-state index in [0.29, 0.717) is 11.3 Å². The maximum Gasteiger partial charge on any atom is 0.173 e. The van der Waals surface area contributed by atoms with Crippen LogP contribution in [0.3, 0.4) is 0 Å². The average molecular weight is 404 g/mol. The van der Waals surface area contributed by atoms with Gasteiger partial charge in [0, 0.05) is 11.1 Å². The van der Waals surface area contributed by atoms with Crippen LogP contribution in [0.2, 0.25) is 0 Å². The number of thiazole rings is 1. The van der Waals surface area contributed by atoms with E-state index in [-0.39, 0.29) is 5.78 Å². The van der Waals surface area contributed by atoms with Gasteiger partial charge >= 0.3 is 0 Å². The quantitative estimate of drug-likeness (QED) is 0.312. The fourth-order valence-electron chi connectivity index (χ4n) is 2.70. The number of hydrogen-bond donors (Lipinski definition) is 0. The maximum absolute atomic E-state index is 12.2. The lowest BCUT2D eigenvalue weighted by Crippen LogP contribution is -2.02. The summed E-state index contributed by atoms with van der Waals surface area (Å²) in [6.45, 7) is 1.99. The second kappa shape index (κ2) is 8.46. The summed E-state index contributed by atoms with van der Waals surface area (Å²) in [4.78, 5) is 17.9. The van der Waals surface area contributed by atoms with Gasteiger partial charge in [0.25, 0.3) is 0 Å². The lowest BCUT2D eigenvalue weighted by atomic mass is 10.2. The Balaban J connectivity index is 1.46. The van der Waals surface area contributed by atoms with Gasteiger partial charge < -0.3 is 0 Å². The van der Waals surface area contributed by atoms with Crippen LogP contribution in [-0.4, -0.2) is 26.7 Å². The van der Waals surface area contributed by atoms with Gasteiger partial charge in [-0.05, 0) is 19.1 Å². The highest BCUT2D eigenvalue weighted by molar-refractivity contribution is 7.99. The van der Waals surface area contributed by atoms with Crippen molar-refractivity contribution in [3.63, 3.8) is 0 Å². The predicted octanol–water partition coefficient (Wildman–Crippen LogP) is 5.55. The fraction of sp³-hybridized carbons (Fsp3) is 0.0909.